The van der Waals surface area contributed by atoms with Crippen molar-refractivity contribution in [2.75, 3.05) is 26.7 Å². The summed E-state index contributed by atoms with van der Waals surface area (Å²) in [6, 6.07) is 0.703. The van der Waals surface area contributed by atoms with Gasteiger partial charge in [-0.05, 0) is 39.4 Å². The van der Waals surface area contributed by atoms with Gasteiger partial charge in [-0.15, -0.1) is 0 Å². The summed E-state index contributed by atoms with van der Waals surface area (Å²) in [5.41, 5.74) is 0. The maximum Gasteiger partial charge on any atom is 0.0191 e. The first-order chi connectivity index (χ1) is 7.36. The van der Waals surface area contributed by atoms with Crippen LogP contribution in [0.5, 0.6) is 0 Å². The second-order valence-electron chi connectivity index (χ2n) is 4.84. The van der Waals surface area contributed by atoms with Crippen LogP contribution in [0.4, 0.5) is 0 Å². The first-order valence-electron chi connectivity index (χ1n) is 6.76. The Bertz CT molecular complexity index is 139. The summed E-state index contributed by atoms with van der Waals surface area (Å²) >= 11 is 0. The van der Waals surface area contributed by atoms with Crippen LogP contribution in [0.15, 0.2) is 0 Å². The Hall–Kier alpha value is -0.0800. The van der Waals surface area contributed by atoms with E-state index in [4.69, 9.17) is 0 Å². The van der Waals surface area contributed by atoms with Crippen molar-refractivity contribution in [3.8, 4) is 0 Å². The van der Waals surface area contributed by atoms with Crippen molar-refractivity contribution < 1.29 is 0 Å². The van der Waals surface area contributed by atoms with Crippen LogP contribution in [0.3, 0.4) is 0 Å². The van der Waals surface area contributed by atoms with Crippen molar-refractivity contribution in [1.29, 1.82) is 0 Å². The van der Waals surface area contributed by atoms with Crippen molar-refractivity contribution in [3.05, 3.63) is 0 Å². The smallest absolute Gasteiger partial charge is 0.0191 e. The second-order valence-corrected chi connectivity index (χ2v) is 4.84. The highest BCUT2D eigenvalue weighted by Gasteiger charge is 2.12. The SMILES string of the molecule is CCCC(CN1CCCCCCC1)NC. The van der Waals surface area contributed by atoms with Crippen LogP contribution in [0.1, 0.15) is 51.9 Å². The molecular weight excluding hydrogens is 184 g/mol. The van der Waals surface area contributed by atoms with Crippen LogP contribution < -0.4 is 5.32 Å². The Labute approximate surface area is 95.4 Å². The average Bonchev–Trinajstić information content (AvgIpc) is 2.20. The highest BCUT2D eigenvalue weighted by molar-refractivity contribution is 4.71. The fraction of sp³-hybridized carbons (Fsp3) is 1.00. The Morgan fingerprint density at radius 3 is 2.20 bits per heavy atom. The summed E-state index contributed by atoms with van der Waals surface area (Å²) in [4.78, 5) is 2.66. The van der Waals surface area contributed by atoms with Gasteiger partial charge in [0.2, 0.25) is 0 Å². The highest BCUT2D eigenvalue weighted by Crippen LogP contribution is 2.11. The van der Waals surface area contributed by atoms with Crippen molar-refractivity contribution in [1.82, 2.24) is 10.2 Å². The van der Waals surface area contributed by atoms with Crippen molar-refractivity contribution >= 4 is 0 Å². The zero-order valence-corrected chi connectivity index (χ0v) is 10.6. The van der Waals surface area contributed by atoms with E-state index in [1.54, 1.807) is 0 Å². The van der Waals surface area contributed by atoms with E-state index in [1.807, 2.05) is 0 Å². The van der Waals surface area contributed by atoms with Crippen molar-refractivity contribution in [3.63, 3.8) is 0 Å². The van der Waals surface area contributed by atoms with Crippen LogP contribution >= 0.6 is 0 Å². The number of rotatable bonds is 5. The predicted octanol–water partition coefficient (Wildman–Crippen LogP) is 2.64. The maximum absolute atomic E-state index is 3.44. The Balaban J connectivity index is 2.26. The molecule has 0 aromatic carbocycles. The van der Waals surface area contributed by atoms with Gasteiger partial charge in [0.05, 0.1) is 0 Å². The number of likely N-dealkylation sites (N-methyl/N-ethyl adjacent to an activating group) is 1. The Morgan fingerprint density at radius 1 is 1.07 bits per heavy atom. The first kappa shape index (κ1) is 13.0. The highest BCUT2D eigenvalue weighted by atomic mass is 15.1. The van der Waals surface area contributed by atoms with E-state index in [1.165, 1.54) is 64.6 Å². The van der Waals surface area contributed by atoms with Gasteiger partial charge in [-0.3, -0.25) is 0 Å². The summed E-state index contributed by atoms with van der Waals surface area (Å²) in [5.74, 6) is 0. The van der Waals surface area contributed by atoms with Gasteiger partial charge in [-0.2, -0.15) is 0 Å². The Kier molecular flexibility index (Phi) is 7.03. The molecule has 2 nitrogen and oxygen atoms in total. The molecule has 0 bridgehead atoms. The molecule has 1 aliphatic heterocycles. The quantitative estimate of drug-likeness (QED) is 0.753. The summed E-state index contributed by atoms with van der Waals surface area (Å²) in [6.07, 6.45) is 9.75. The number of likely N-dealkylation sites (tertiary alicyclic amines) is 1. The maximum atomic E-state index is 3.44. The number of nitrogens with one attached hydrogen (secondary N) is 1. The molecule has 0 aromatic rings. The zero-order chi connectivity index (χ0) is 10.9. The third-order valence-electron chi connectivity index (χ3n) is 3.47. The van der Waals surface area contributed by atoms with Gasteiger partial charge >= 0.3 is 0 Å². The van der Waals surface area contributed by atoms with Crippen LogP contribution in [0.2, 0.25) is 0 Å². The molecule has 15 heavy (non-hydrogen) atoms. The minimum Gasteiger partial charge on any atom is -0.316 e. The van der Waals surface area contributed by atoms with Gasteiger partial charge in [0.1, 0.15) is 0 Å². The van der Waals surface area contributed by atoms with E-state index in [9.17, 15) is 0 Å². The van der Waals surface area contributed by atoms with Gasteiger partial charge in [-0.1, -0.05) is 32.6 Å². The lowest BCUT2D eigenvalue weighted by molar-refractivity contribution is 0.220. The fourth-order valence-electron chi connectivity index (χ4n) is 2.48. The lowest BCUT2D eigenvalue weighted by Crippen LogP contribution is -2.40. The molecular formula is C13H28N2. The first-order valence-corrected chi connectivity index (χ1v) is 6.76. The molecule has 1 heterocycles. The molecule has 1 rings (SSSR count). The molecule has 0 spiro atoms. The minimum absolute atomic E-state index is 0.703. The van der Waals surface area contributed by atoms with Crippen LogP contribution in [0, 0.1) is 0 Å². The van der Waals surface area contributed by atoms with E-state index in [-0.39, 0.29) is 0 Å². The van der Waals surface area contributed by atoms with Gasteiger partial charge in [0, 0.05) is 12.6 Å². The molecule has 1 aliphatic rings. The molecule has 2 heteroatoms. The minimum atomic E-state index is 0.703. The number of hydrogen-bond donors (Lipinski definition) is 1. The molecule has 1 atom stereocenters. The van der Waals surface area contributed by atoms with Gasteiger partial charge in [0.25, 0.3) is 0 Å². The van der Waals surface area contributed by atoms with Crippen LogP contribution in [-0.2, 0) is 0 Å². The second kappa shape index (κ2) is 8.12. The summed E-state index contributed by atoms with van der Waals surface area (Å²) in [5, 5.41) is 3.44. The molecule has 0 aromatic heterocycles. The summed E-state index contributed by atoms with van der Waals surface area (Å²) in [7, 11) is 2.10. The molecule has 0 radical (unpaired) electrons. The average molecular weight is 212 g/mol. The van der Waals surface area contributed by atoms with Crippen molar-refractivity contribution in [2.45, 2.75) is 57.9 Å². The lowest BCUT2D eigenvalue weighted by atomic mass is 10.1. The number of nitrogens with zero attached hydrogens (tertiary/aromatic N) is 1. The monoisotopic (exact) mass is 212 g/mol. The largest absolute Gasteiger partial charge is 0.316 e. The van der Waals surface area contributed by atoms with E-state index < -0.39 is 0 Å². The normalized spacial score (nSPS) is 22.0. The molecule has 1 saturated heterocycles. The topological polar surface area (TPSA) is 15.3 Å². The molecule has 0 aliphatic carbocycles. The molecule has 90 valence electrons. The third kappa shape index (κ3) is 5.53. The third-order valence-corrected chi connectivity index (χ3v) is 3.47. The van der Waals surface area contributed by atoms with Gasteiger partial charge in [0.15, 0.2) is 0 Å². The zero-order valence-electron chi connectivity index (χ0n) is 10.6. The Morgan fingerprint density at radius 2 is 1.67 bits per heavy atom. The summed E-state index contributed by atoms with van der Waals surface area (Å²) < 4.78 is 0. The van der Waals surface area contributed by atoms with E-state index in [2.05, 4.69) is 24.2 Å². The molecule has 1 fully saturated rings. The van der Waals surface area contributed by atoms with E-state index >= 15 is 0 Å². The van der Waals surface area contributed by atoms with Gasteiger partial charge in [-0.25, -0.2) is 0 Å². The fourth-order valence-corrected chi connectivity index (χ4v) is 2.48. The standard InChI is InChI=1S/C13H28N2/c1-3-9-13(14-2)12-15-10-7-5-4-6-8-11-15/h13-14H,3-12H2,1-2H3. The van der Waals surface area contributed by atoms with E-state index in [0.717, 1.165) is 0 Å². The van der Waals surface area contributed by atoms with Crippen LogP contribution in [-0.4, -0.2) is 37.6 Å². The lowest BCUT2D eigenvalue weighted by Gasteiger charge is -2.28. The molecule has 0 amide bonds. The molecule has 0 saturated carbocycles. The van der Waals surface area contributed by atoms with E-state index in [0.29, 0.717) is 6.04 Å². The van der Waals surface area contributed by atoms with Crippen LogP contribution in [0.25, 0.3) is 0 Å². The predicted molar refractivity (Wildman–Crippen MR) is 67.3 cm³/mol. The van der Waals surface area contributed by atoms with Crippen molar-refractivity contribution in [2.24, 2.45) is 0 Å². The molecule has 1 unspecified atom stereocenters. The summed E-state index contributed by atoms with van der Waals surface area (Å²) in [6.45, 7) is 6.17. The number of hydrogen-bond acceptors (Lipinski definition) is 2. The van der Waals surface area contributed by atoms with Gasteiger partial charge < -0.3 is 10.2 Å². The molecule has 1 N–H and O–H groups in total.